The van der Waals surface area contributed by atoms with Gasteiger partial charge in [0.1, 0.15) is 5.82 Å². The van der Waals surface area contributed by atoms with E-state index >= 15 is 0 Å². The molecule has 0 saturated carbocycles. The summed E-state index contributed by atoms with van der Waals surface area (Å²) in [6.45, 7) is 7.00. The Morgan fingerprint density at radius 3 is 2.54 bits per heavy atom. The third-order valence-electron chi connectivity index (χ3n) is 2.50. The standard InChI is InChI=1S/C10H19N3/c1-4-8(6-11)10-12-7(3)9(5-2)13-10/h8H,4-6,11H2,1-3H3,(H,12,13). The molecule has 1 heterocycles. The molecular formula is C10H19N3. The Hall–Kier alpha value is -0.830. The van der Waals surface area contributed by atoms with Gasteiger partial charge in [0, 0.05) is 18.2 Å². The van der Waals surface area contributed by atoms with Crippen LogP contribution in [0.25, 0.3) is 0 Å². The molecule has 0 bridgehead atoms. The minimum Gasteiger partial charge on any atom is -0.346 e. The Balaban J connectivity index is 2.88. The number of aryl methyl sites for hydroxylation is 2. The van der Waals surface area contributed by atoms with E-state index in [-0.39, 0.29) is 0 Å². The molecule has 0 saturated heterocycles. The van der Waals surface area contributed by atoms with Crippen LogP contribution in [-0.4, -0.2) is 16.5 Å². The first-order chi connectivity index (χ1) is 6.22. The van der Waals surface area contributed by atoms with Crippen LogP contribution in [0.3, 0.4) is 0 Å². The summed E-state index contributed by atoms with van der Waals surface area (Å²) in [4.78, 5) is 7.84. The lowest BCUT2D eigenvalue weighted by molar-refractivity contribution is 0.636. The second-order valence-electron chi connectivity index (χ2n) is 3.39. The molecule has 0 aliphatic rings. The van der Waals surface area contributed by atoms with Crippen molar-refractivity contribution in [1.82, 2.24) is 9.97 Å². The molecule has 13 heavy (non-hydrogen) atoms. The van der Waals surface area contributed by atoms with Gasteiger partial charge in [0.2, 0.25) is 0 Å². The fourth-order valence-corrected chi connectivity index (χ4v) is 1.53. The monoisotopic (exact) mass is 181 g/mol. The van der Waals surface area contributed by atoms with E-state index in [4.69, 9.17) is 5.73 Å². The lowest BCUT2D eigenvalue weighted by Gasteiger charge is -2.07. The topological polar surface area (TPSA) is 54.7 Å². The molecule has 1 aromatic rings. The number of nitrogens with one attached hydrogen (secondary N) is 1. The SMILES string of the molecule is CCc1nc(C(CC)CN)[nH]c1C. The summed E-state index contributed by atoms with van der Waals surface area (Å²) in [5.41, 5.74) is 8.01. The maximum Gasteiger partial charge on any atom is 0.110 e. The van der Waals surface area contributed by atoms with Crippen LogP contribution in [0.2, 0.25) is 0 Å². The summed E-state index contributed by atoms with van der Waals surface area (Å²) in [7, 11) is 0. The molecule has 3 N–H and O–H groups in total. The number of rotatable bonds is 4. The summed E-state index contributed by atoms with van der Waals surface area (Å²) in [6, 6.07) is 0. The van der Waals surface area contributed by atoms with E-state index in [1.807, 2.05) is 0 Å². The molecule has 3 nitrogen and oxygen atoms in total. The third kappa shape index (κ3) is 2.10. The molecule has 0 radical (unpaired) electrons. The highest BCUT2D eigenvalue weighted by Crippen LogP contribution is 2.16. The molecule has 74 valence electrons. The van der Waals surface area contributed by atoms with Crippen LogP contribution >= 0.6 is 0 Å². The van der Waals surface area contributed by atoms with Crippen molar-refractivity contribution in [3.63, 3.8) is 0 Å². The highest BCUT2D eigenvalue weighted by molar-refractivity contribution is 5.15. The highest BCUT2D eigenvalue weighted by atomic mass is 14.9. The molecule has 0 fully saturated rings. The van der Waals surface area contributed by atoms with E-state index in [0.29, 0.717) is 12.5 Å². The van der Waals surface area contributed by atoms with Crippen LogP contribution in [-0.2, 0) is 6.42 Å². The number of H-pyrrole nitrogens is 1. The van der Waals surface area contributed by atoms with Crippen LogP contribution in [0.5, 0.6) is 0 Å². The van der Waals surface area contributed by atoms with Crippen molar-refractivity contribution in [1.29, 1.82) is 0 Å². The van der Waals surface area contributed by atoms with E-state index in [0.717, 1.165) is 18.7 Å². The van der Waals surface area contributed by atoms with Gasteiger partial charge in [0.05, 0.1) is 5.69 Å². The van der Waals surface area contributed by atoms with Crippen molar-refractivity contribution >= 4 is 0 Å². The van der Waals surface area contributed by atoms with Gasteiger partial charge in [0.25, 0.3) is 0 Å². The van der Waals surface area contributed by atoms with Crippen LogP contribution in [0, 0.1) is 6.92 Å². The van der Waals surface area contributed by atoms with Crippen molar-refractivity contribution in [3.05, 3.63) is 17.2 Å². The number of hydrogen-bond acceptors (Lipinski definition) is 2. The van der Waals surface area contributed by atoms with Gasteiger partial charge in [-0.2, -0.15) is 0 Å². The molecule has 1 unspecified atom stereocenters. The first-order valence-corrected chi connectivity index (χ1v) is 4.98. The number of hydrogen-bond donors (Lipinski definition) is 2. The number of aromatic nitrogens is 2. The maximum absolute atomic E-state index is 5.66. The van der Waals surface area contributed by atoms with Gasteiger partial charge in [-0.3, -0.25) is 0 Å². The van der Waals surface area contributed by atoms with E-state index in [1.165, 1.54) is 11.4 Å². The molecule has 0 spiro atoms. The lowest BCUT2D eigenvalue weighted by Crippen LogP contribution is -2.12. The van der Waals surface area contributed by atoms with Crippen LogP contribution in [0.1, 0.15) is 43.4 Å². The first kappa shape index (κ1) is 10.3. The van der Waals surface area contributed by atoms with Crippen molar-refractivity contribution < 1.29 is 0 Å². The van der Waals surface area contributed by atoms with E-state index in [2.05, 4.69) is 30.7 Å². The van der Waals surface area contributed by atoms with E-state index in [1.54, 1.807) is 0 Å². The molecule has 0 aliphatic carbocycles. The fraction of sp³-hybridized carbons (Fsp3) is 0.700. The zero-order valence-corrected chi connectivity index (χ0v) is 8.72. The van der Waals surface area contributed by atoms with Gasteiger partial charge in [-0.05, 0) is 19.8 Å². The lowest BCUT2D eigenvalue weighted by atomic mass is 10.1. The maximum atomic E-state index is 5.66. The summed E-state index contributed by atoms with van der Waals surface area (Å²) < 4.78 is 0. The molecule has 0 aromatic carbocycles. The molecular weight excluding hydrogens is 162 g/mol. The van der Waals surface area contributed by atoms with Gasteiger partial charge in [0.15, 0.2) is 0 Å². The summed E-state index contributed by atoms with van der Waals surface area (Å²) in [5, 5.41) is 0. The zero-order valence-electron chi connectivity index (χ0n) is 8.72. The Labute approximate surface area is 79.8 Å². The summed E-state index contributed by atoms with van der Waals surface area (Å²) in [5.74, 6) is 1.44. The fourth-order valence-electron chi connectivity index (χ4n) is 1.53. The predicted molar refractivity (Wildman–Crippen MR) is 54.8 cm³/mol. The van der Waals surface area contributed by atoms with Crippen LogP contribution in [0.4, 0.5) is 0 Å². The quantitative estimate of drug-likeness (QED) is 0.743. The molecule has 0 aliphatic heterocycles. The Morgan fingerprint density at radius 2 is 2.15 bits per heavy atom. The Kier molecular flexibility index (Phi) is 3.48. The Morgan fingerprint density at radius 1 is 1.46 bits per heavy atom. The average molecular weight is 181 g/mol. The number of aromatic amines is 1. The minimum absolute atomic E-state index is 0.388. The minimum atomic E-state index is 0.388. The highest BCUT2D eigenvalue weighted by Gasteiger charge is 2.12. The van der Waals surface area contributed by atoms with Gasteiger partial charge in [-0.25, -0.2) is 4.98 Å². The molecule has 1 aromatic heterocycles. The molecule has 0 amide bonds. The zero-order chi connectivity index (χ0) is 9.84. The van der Waals surface area contributed by atoms with Gasteiger partial charge >= 0.3 is 0 Å². The summed E-state index contributed by atoms with van der Waals surface area (Å²) in [6.07, 6.45) is 2.04. The second-order valence-corrected chi connectivity index (χ2v) is 3.39. The van der Waals surface area contributed by atoms with Crippen molar-refractivity contribution in [3.8, 4) is 0 Å². The van der Waals surface area contributed by atoms with Crippen molar-refractivity contribution in [2.75, 3.05) is 6.54 Å². The number of nitrogens with two attached hydrogens (primary N) is 1. The largest absolute Gasteiger partial charge is 0.346 e. The molecule has 3 heteroatoms. The van der Waals surface area contributed by atoms with Crippen LogP contribution < -0.4 is 5.73 Å². The van der Waals surface area contributed by atoms with Crippen molar-refractivity contribution in [2.24, 2.45) is 5.73 Å². The van der Waals surface area contributed by atoms with Crippen LogP contribution in [0.15, 0.2) is 0 Å². The Bertz CT molecular complexity index is 261. The number of nitrogens with zero attached hydrogens (tertiary/aromatic N) is 1. The van der Waals surface area contributed by atoms with E-state index in [9.17, 15) is 0 Å². The van der Waals surface area contributed by atoms with Gasteiger partial charge in [-0.15, -0.1) is 0 Å². The average Bonchev–Trinajstić information content (AvgIpc) is 2.49. The normalized spacial score (nSPS) is 13.2. The number of imidazole rings is 1. The first-order valence-electron chi connectivity index (χ1n) is 4.98. The molecule has 1 atom stereocenters. The van der Waals surface area contributed by atoms with Gasteiger partial charge < -0.3 is 10.7 Å². The predicted octanol–water partition coefficient (Wildman–Crippen LogP) is 1.73. The van der Waals surface area contributed by atoms with Crippen molar-refractivity contribution in [2.45, 2.75) is 39.5 Å². The van der Waals surface area contributed by atoms with E-state index < -0.39 is 0 Å². The second kappa shape index (κ2) is 4.42. The van der Waals surface area contributed by atoms with Gasteiger partial charge in [-0.1, -0.05) is 13.8 Å². The summed E-state index contributed by atoms with van der Waals surface area (Å²) >= 11 is 0. The molecule has 1 rings (SSSR count). The third-order valence-corrected chi connectivity index (χ3v) is 2.50. The smallest absolute Gasteiger partial charge is 0.110 e.